The van der Waals surface area contributed by atoms with Crippen molar-refractivity contribution in [3.63, 3.8) is 0 Å². The van der Waals surface area contributed by atoms with Crippen LogP contribution in [0.25, 0.3) is 6.08 Å². The standard InChI is InChI=1S/C24H19N3O3/c28-22-21(23(29)26-24(30)25-22)16-13-17-11-14-20(15-12-17)27(18-7-3-1-4-8-18)19-9-5-2-6-10-19/h1-16,21H,(H2,25,26,28,29,30). The van der Waals surface area contributed by atoms with Crippen LogP contribution in [0.3, 0.4) is 0 Å². The van der Waals surface area contributed by atoms with Crippen LogP contribution in [0.2, 0.25) is 0 Å². The molecule has 6 heteroatoms. The fourth-order valence-electron chi connectivity index (χ4n) is 3.25. The van der Waals surface area contributed by atoms with Gasteiger partial charge in [-0.2, -0.15) is 0 Å². The Morgan fingerprint density at radius 1 is 0.633 bits per heavy atom. The van der Waals surface area contributed by atoms with E-state index in [9.17, 15) is 14.4 Å². The van der Waals surface area contributed by atoms with Gasteiger partial charge in [0.05, 0.1) is 0 Å². The van der Waals surface area contributed by atoms with Gasteiger partial charge in [0.25, 0.3) is 0 Å². The number of rotatable bonds is 5. The van der Waals surface area contributed by atoms with Crippen molar-refractivity contribution in [3.8, 4) is 0 Å². The molecule has 6 nitrogen and oxygen atoms in total. The van der Waals surface area contributed by atoms with Crippen LogP contribution in [0.5, 0.6) is 0 Å². The minimum atomic E-state index is -1.03. The van der Waals surface area contributed by atoms with Crippen LogP contribution in [-0.4, -0.2) is 17.8 Å². The van der Waals surface area contributed by atoms with Crippen molar-refractivity contribution in [3.05, 3.63) is 96.6 Å². The number of nitrogens with one attached hydrogen (secondary N) is 2. The zero-order valence-electron chi connectivity index (χ0n) is 16.0. The molecule has 4 amide bonds. The van der Waals surface area contributed by atoms with Crippen molar-refractivity contribution in [2.75, 3.05) is 4.90 Å². The molecule has 0 atom stereocenters. The Labute approximate surface area is 173 Å². The second-order valence-electron chi connectivity index (χ2n) is 6.74. The number of anilines is 3. The van der Waals surface area contributed by atoms with Crippen molar-refractivity contribution in [1.29, 1.82) is 0 Å². The van der Waals surface area contributed by atoms with Gasteiger partial charge in [0.2, 0.25) is 11.8 Å². The number of benzene rings is 3. The summed E-state index contributed by atoms with van der Waals surface area (Å²) in [5, 5.41) is 4.18. The van der Waals surface area contributed by atoms with Gasteiger partial charge in [0, 0.05) is 17.1 Å². The highest BCUT2D eigenvalue weighted by Gasteiger charge is 2.31. The first kappa shape index (κ1) is 19.1. The molecular weight excluding hydrogens is 378 g/mol. The number of amides is 4. The van der Waals surface area contributed by atoms with Gasteiger partial charge in [-0.3, -0.25) is 20.2 Å². The second kappa shape index (κ2) is 8.45. The Hall–Kier alpha value is -4.19. The summed E-state index contributed by atoms with van der Waals surface area (Å²) in [5.74, 6) is -2.29. The lowest BCUT2D eigenvalue weighted by molar-refractivity contribution is -0.133. The van der Waals surface area contributed by atoms with Crippen molar-refractivity contribution in [2.24, 2.45) is 5.92 Å². The first-order chi connectivity index (χ1) is 14.6. The number of carbonyl (C=O) groups is 3. The van der Waals surface area contributed by atoms with Gasteiger partial charge in [-0.1, -0.05) is 60.7 Å². The lowest BCUT2D eigenvalue weighted by Gasteiger charge is -2.25. The Balaban J connectivity index is 1.59. The molecule has 1 aliphatic heterocycles. The van der Waals surface area contributed by atoms with E-state index in [0.29, 0.717) is 0 Å². The molecule has 0 aromatic heterocycles. The second-order valence-corrected chi connectivity index (χ2v) is 6.74. The molecule has 1 saturated heterocycles. The van der Waals surface area contributed by atoms with Crippen LogP contribution in [0, 0.1) is 5.92 Å². The number of nitrogens with zero attached hydrogens (tertiary/aromatic N) is 1. The minimum Gasteiger partial charge on any atom is -0.311 e. The number of para-hydroxylation sites is 2. The summed E-state index contributed by atoms with van der Waals surface area (Å²) in [6.07, 6.45) is 3.18. The molecule has 4 rings (SSSR count). The molecule has 0 aliphatic carbocycles. The van der Waals surface area contributed by atoms with Gasteiger partial charge in [-0.25, -0.2) is 4.79 Å². The maximum absolute atomic E-state index is 11.8. The van der Waals surface area contributed by atoms with Crippen LogP contribution < -0.4 is 15.5 Å². The molecule has 3 aromatic rings. The van der Waals surface area contributed by atoms with Crippen molar-refractivity contribution in [1.82, 2.24) is 10.6 Å². The Kier molecular flexibility index (Phi) is 5.39. The van der Waals surface area contributed by atoms with Crippen molar-refractivity contribution >= 4 is 41.0 Å². The van der Waals surface area contributed by atoms with Gasteiger partial charge in [0.1, 0.15) is 5.92 Å². The SMILES string of the molecule is O=C1NC(=O)C(C=Cc2ccc(N(c3ccccc3)c3ccccc3)cc2)C(=O)N1. The fraction of sp³-hybridized carbons (Fsp3) is 0.0417. The first-order valence-corrected chi connectivity index (χ1v) is 9.46. The number of imide groups is 2. The largest absolute Gasteiger partial charge is 0.328 e. The molecule has 1 aliphatic rings. The summed E-state index contributed by atoms with van der Waals surface area (Å²) in [6, 6.07) is 27.1. The molecule has 1 fully saturated rings. The molecule has 1 heterocycles. The third kappa shape index (κ3) is 4.12. The van der Waals surface area contributed by atoms with E-state index in [0.717, 1.165) is 22.6 Å². The zero-order valence-corrected chi connectivity index (χ0v) is 16.0. The molecule has 148 valence electrons. The lowest BCUT2D eigenvalue weighted by atomic mass is 10.0. The number of carbonyl (C=O) groups excluding carboxylic acids is 3. The lowest BCUT2D eigenvalue weighted by Crippen LogP contribution is -2.55. The first-order valence-electron chi connectivity index (χ1n) is 9.46. The van der Waals surface area contributed by atoms with Gasteiger partial charge in [0.15, 0.2) is 0 Å². The van der Waals surface area contributed by atoms with Crippen LogP contribution in [0.15, 0.2) is 91.0 Å². The highest BCUT2D eigenvalue weighted by molar-refractivity contribution is 6.17. The van der Waals surface area contributed by atoms with Crippen molar-refractivity contribution < 1.29 is 14.4 Å². The monoisotopic (exact) mass is 397 g/mol. The Morgan fingerprint density at radius 2 is 1.10 bits per heavy atom. The maximum atomic E-state index is 11.8. The van der Waals surface area contributed by atoms with Crippen LogP contribution in [0.1, 0.15) is 5.56 Å². The molecule has 0 radical (unpaired) electrons. The fourth-order valence-corrected chi connectivity index (χ4v) is 3.25. The van der Waals surface area contributed by atoms with E-state index >= 15 is 0 Å². The van der Waals surface area contributed by atoms with Gasteiger partial charge >= 0.3 is 6.03 Å². The topological polar surface area (TPSA) is 78.5 Å². The van der Waals surface area contributed by atoms with E-state index < -0.39 is 23.8 Å². The smallest absolute Gasteiger partial charge is 0.311 e. The van der Waals surface area contributed by atoms with Crippen LogP contribution in [-0.2, 0) is 9.59 Å². The predicted molar refractivity (Wildman–Crippen MR) is 115 cm³/mol. The Bertz CT molecular complexity index is 1030. The third-order valence-electron chi connectivity index (χ3n) is 4.70. The van der Waals surface area contributed by atoms with E-state index in [1.165, 1.54) is 6.08 Å². The number of hydrogen-bond acceptors (Lipinski definition) is 4. The zero-order chi connectivity index (χ0) is 20.9. The minimum absolute atomic E-state index is 0.629. The molecule has 2 N–H and O–H groups in total. The maximum Gasteiger partial charge on any atom is 0.328 e. The quantitative estimate of drug-likeness (QED) is 0.634. The molecule has 3 aromatic carbocycles. The summed E-state index contributed by atoms with van der Waals surface area (Å²) < 4.78 is 0. The summed E-state index contributed by atoms with van der Waals surface area (Å²) in [7, 11) is 0. The van der Waals surface area contributed by atoms with E-state index in [1.807, 2.05) is 84.9 Å². The van der Waals surface area contributed by atoms with Crippen LogP contribution in [0.4, 0.5) is 21.9 Å². The average molecular weight is 397 g/mol. The normalized spacial score (nSPS) is 14.5. The molecule has 0 bridgehead atoms. The van der Waals surface area contributed by atoms with Gasteiger partial charge in [-0.15, -0.1) is 0 Å². The number of urea groups is 1. The number of barbiturate groups is 1. The van der Waals surface area contributed by atoms with Gasteiger partial charge < -0.3 is 4.90 Å². The highest BCUT2D eigenvalue weighted by Crippen LogP contribution is 2.34. The summed E-state index contributed by atoms with van der Waals surface area (Å²) in [6.45, 7) is 0. The summed E-state index contributed by atoms with van der Waals surface area (Å²) in [5.41, 5.74) is 3.88. The average Bonchev–Trinajstić information content (AvgIpc) is 2.76. The van der Waals surface area contributed by atoms with E-state index in [2.05, 4.69) is 15.5 Å². The van der Waals surface area contributed by atoms with E-state index in [-0.39, 0.29) is 0 Å². The van der Waals surface area contributed by atoms with Gasteiger partial charge in [-0.05, 0) is 42.0 Å². The highest BCUT2D eigenvalue weighted by atomic mass is 16.2. The molecule has 0 unspecified atom stereocenters. The third-order valence-corrected chi connectivity index (χ3v) is 4.70. The molecule has 0 saturated carbocycles. The molecular formula is C24H19N3O3. The van der Waals surface area contributed by atoms with Crippen molar-refractivity contribution in [2.45, 2.75) is 0 Å². The van der Waals surface area contributed by atoms with Crippen LogP contribution >= 0.6 is 0 Å². The van der Waals surface area contributed by atoms with E-state index in [4.69, 9.17) is 0 Å². The Morgan fingerprint density at radius 3 is 1.60 bits per heavy atom. The number of hydrogen-bond donors (Lipinski definition) is 2. The predicted octanol–water partition coefficient (Wildman–Crippen LogP) is 4.15. The molecule has 0 spiro atoms. The summed E-state index contributed by atoms with van der Waals surface area (Å²) >= 11 is 0. The molecule has 30 heavy (non-hydrogen) atoms. The summed E-state index contributed by atoms with van der Waals surface area (Å²) in [4.78, 5) is 37.0. The van der Waals surface area contributed by atoms with E-state index in [1.54, 1.807) is 6.08 Å².